The van der Waals surface area contributed by atoms with E-state index in [9.17, 15) is 17.6 Å². The lowest BCUT2D eigenvalue weighted by Gasteiger charge is -2.05. The van der Waals surface area contributed by atoms with Crippen LogP contribution in [0.4, 0.5) is 10.1 Å². The predicted molar refractivity (Wildman–Crippen MR) is 113 cm³/mol. The summed E-state index contributed by atoms with van der Waals surface area (Å²) in [7, 11) is -3.77. The average molecular weight is 471 g/mol. The molecule has 0 fully saturated rings. The Labute approximate surface area is 179 Å². The number of halogens is 1. The molecule has 1 heterocycles. The van der Waals surface area contributed by atoms with E-state index in [4.69, 9.17) is 5.14 Å². The number of carbonyl (C=O) groups excluding carboxylic acids is 1. The van der Waals surface area contributed by atoms with E-state index in [1.807, 2.05) is 0 Å². The molecule has 0 aliphatic heterocycles. The topological polar surface area (TPSA) is 115 Å². The zero-order valence-electron chi connectivity index (χ0n) is 14.7. The van der Waals surface area contributed by atoms with Gasteiger partial charge in [0.1, 0.15) is 5.82 Å². The predicted octanol–water partition coefficient (Wildman–Crippen LogP) is 3.35. The summed E-state index contributed by atoms with van der Waals surface area (Å²) in [5.41, 5.74) is 1.45. The quantitative estimate of drug-likeness (QED) is 0.485. The van der Waals surface area contributed by atoms with E-state index in [1.165, 1.54) is 71.3 Å². The Kier molecular flexibility index (Phi) is 7.24. The number of carbonyl (C=O) groups is 1. The fourth-order valence-corrected chi connectivity index (χ4v) is 5.38. The van der Waals surface area contributed by atoms with Crippen molar-refractivity contribution in [1.29, 1.82) is 0 Å². The Morgan fingerprint density at radius 1 is 1.03 bits per heavy atom. The molecule has 0 aliphatic carbocycles. The van der Waals surface area contributed by atoms with Crippen molar-refractivity contribution in [2.75, 3.05) is 11.1 Å². The van der Waals surface area contributed by atoms with Gasteiger partial charge in [0, 0.05) is 11.4 Å². The molecule has 0 saturated carbocycles. The maximum absolute atomic E-state index is 12.9. The number of aromatic nitrogens is 2. The third kappa shape index (κ3) is 6.78. The summed E-state index contributed by atoms with van der Waals surface area (Å²) in [5.74, 6) is 0.254. The van der Waals surface area contributed by atoms with Crippen LogP contribution in [0.15, 0.2) is 62.1 Å². The first kappa shape index (κ1) is 21.7. The van der Waals surface area contributed by atoms with Crippen LogP contribution < -0.4 is 10.5 Å². The smallest absolute Gasteiger partial charge is 0.238 e. The first-order valence-corrected chi connectivity index (χ1v) is 12.4. The minimum absolute atomic E-state index is 0.0237. The first-order valence-electron chi connectivity index (χ1n) is 8.06. The monoisotopic (exact) mass is 470 g/mol. The van der Waals surface area contributed by atoms with Crippen LogP contribution in [0.1, 0.15) is 5.56 Å². The molecule has 0 aliphatic rings. The number of nitrogens with one attached hydrogen (secondary N) is 1. The van der Waals surface area contributed by atoms with Gasteiger partial charge in [-0.05, 0) is 42.0 Å². The molecule has 3 rings (SSSR count). The van der Waals surface area contributed by atoms with Gasteiger partial charge in [0.25, 0.3) is 0 Å². The van der Waals surface area contributed by atoms with Gasteiger partial charge in [0.2, 0.25) is 15.9 Å². The van der Waals surface area contributed by atoms with Gasteiger partial charge in [0.15, 0.2) is 8.68 Å². The summed E-state index contributed by atoms with van der Waals surface area (Å²) in [6, 6.07) is 11.9. The summed E-state index contributed by atoms with van der Waals surface area (Å²) < 4.78 is 36.8. The Balaban J connectivity index is 1.46. The molecule has 2 aromatic carbocycles. The number of primary sulfonamides is 1. The average Bonchev–Trinajstić information content (AvgIpc) is 3.14. The molecule has 0 unspecified atom stereocenters. The van der Waals surface area contributed by atoms with E-state index in [0.717, 1.165) is 9.90 Å². The summed E-state index contributed by atoms with van der Waals surface area (Å²) in [6.07, 6.45) is 0. The molecule has 1 aromatic heterocycles. The number of thioether (sulfide) groups is 2. The Morgan fingerprint density at radius 2 is 1.66 bits per heavy atom. The number of nitrogens with zero attached hydrogens (tertiary/aromatic N) is 2. The molecule has 1 amide bonds. The highest BCUT2D eigenvalue weighted by Crippen LogP contribution is 2.30. The number of rotatable bonds is 8. The molecule has 152 valence electrons. The highest BCUT2D eigenvalue weighted by molar-refractivity contribution is 8.03. The van der Waals surface area contributed by atoms with Crippen LogP contribution in [0.3, 0.4) is 0 Å². The second kappa shape index (κ2) is 9.67. The Hall–Kier alpha value is -1.99. The van der Waals surface area contributed by atoms with E-state index < -0.39 is 10.0 Å². The van der Waals surface area contributed by atoms with Gasteiger partial charge in [0.05, 0.1) is 10.6 Å². The lowest BCUT2D eigenvalue weighted by atomic mass is 10.2. The fraction of sp³-hybridized carbons (Fsp3) is 0.118. The molecule has 0 saturated heterocycles. The van der Waals surface area contributed by atoms with Crippen LogP contribution >= 0.6 is 34.9 Å². The van der Waals surface area contributed by atoms with Gasteiger partial charge in [-0.1, -0.05) is 47.0 Å². The molecular formula is C17H15FN4O3S4. The van der Waals surface area contributed by atoms with Gasteiger partial charge in [-0.25, -0.2) is 17.9 Å². The van der Waals surface area contributed by atoms with Crippen LogP contribution in [0.2, 0.25) is 0 Å². The highest BCUT2D eigenvalue weighted by atomic mass is 32.2. The molecule has 0 radical (unpaired) electrons. The van der Waals surface area contributed by atoms with Gasteiger partial charge in [-0.15, -0.1) is 10.2 Å². The van der Waals surface area contributed by atoms with Crippen molar-refractivity contribution in [1.82, 2.24) is 10.2 Å². The van der Waals surface area contributed by atoms with Gasteiger partial charge >= 0.3 is 0 Å². The molecular weight excluding hydrogens is 455 g/mol. The molecule has 3 aromatic rings. The zero-order chi connectivity index (χ0) is 20.9. The summed E-state index contributed by atoms with van der Waals surface area (Å²) in [6.45, 7) is 0. The first-order chi connectivity index (χ1) is 13.8. The third-order valence-corrected chi connectivity index (χ3v) is 7.65. The minimum Gasteiger partial charge on any atom is -0.325 e. The van der Waals surface area contributed by atoms with Crippen molar-refractivity contribution in [3.8, 4) is 0 Å². The van der Waals surface area contributed by atoms with Crippen molar-refractivity contribution >= 4 is 56.5 Å². The Morgan fingerprint density at radius 3 is 2.28 bits per heavy atom. The Bertz CT molecular complexity index is 1090. The number of sulfonamides is 1. The molecule has 29 heavy (non-hydrogen) atoms. The lowest BCUT2D eigenvalue weighted by molar-refractivity contribution is -0.113. The molecule has 0 bridgehead atoms. The normalized spacial score (nSPS) is 11.4. The van der Waals surface area contributed by atoms with Crippen molar-refractivity contribution in [3.63, 3.8) is 0 Å². The van der Waals surface area contributed by atoms with E-state index in [2.05, 4.69) is 15.5 Å². The van der Waals surface area contributed by atoms with E-state index in [-0.39, 0.29) is 22.4 Å². The standard InChI is InChI=1S/C17H15FN4O3S4/c18-12-3-1-11(2-4-12)9-26-16-21-22-17(28-16)27-10-15(23)20-13-5-7-14(8-6-13)29(19,24)25/h1-8H,9-10H2,(H,20,23)(H2,19,24,25). The molecule has 3 N–H and O–H groups in total. The van der Waals surface area contributed by atoms with Crippen molar-refractivity contribution in [2.24, 2.45) is 5.14 Å². The maximum Gasteiger partial charge on any atom is 0.238 e. The number of nitrogens with two attached hydrogens (primary N) is 1. The maximum atomic E-state index is 12.9. The van der Waals surface area contributed by atoms with Crippen LogP contribution in [0, 0.1) is 5.82 Å². The van der Waals surface area contributed by atoms with E-state index in [0.29, 0.717) is 15.8 Å². The van der Waals surface area contributed by atoms with Crippen LogP contribution in [-0.4, -0.2) is 30.3 Å². The summed E-state index contributed by atoms with van der Waals surface area (Å²) >= 11 is 4.12. The van der Waals surface area contributed by atoms with Gasteiger partial charge < -0.3 is 5.32 Å². The van der Waals surface area contributed by atoms with E-state index >= 15 is 0 Å². The van der Waals surface area contributed by atoms with Crippen LogP contribution in [0.5, 0.6) is 0 Å². The number of benzene rings is 2. The molecule has 12 heteroatoms. The highest BCUT2D eigenvalue weighted by Gasteiger charge is 2.11. The van der Waals surface area contributed by atoms with Crippen molar-refractivity contribution in [2.45, 2.75) is 19.3 Å². The minimum atomic E-state index is -3.77. The SMILES string of the molecule is NS(=O)(=O)c1ccc(NC(=O)CSc2nnc(SCc3ccc(F)cc3)s2)cc1. The number of anilines is 1. The van der Waals surface area contributed by atoms with Crippen LogP contribution in [-0.2, 0) is 20.6 Å². The van der Waals surface area contributed by atoms with Gasteiger partial charge in [-0.3, -0.25) is 4.79 Å². The van der Waals surface area contributed by atoms with Crippen molar-refractivity contribution < 1.29 is 17.6 Å². The molecule has 0 spiro atoms. The second-order valence-corrected chi connectivity index (χ2v) is 10.6. The van der Waals surface area contributed by atoms with Crippen LogP contribution in [0.25, 0.3) is 0 Å². The zero-order valence-corrected chi connectivity index (χ0v) is 18.0. The van der Waals surface area contributed by atoms with Gasteiger partial charge in [-0.2, -0.15) is 0 Å². The largest absolute Gasteiger partial charge is 0.325 e. The number of hydrogen-bond acceptors (Lipinski definition) is 8. The summed E-state index contributed by atoms with van der Waals surface area (Å²) in [4.78, 5) is 12.0. The number of amides is 1. The number of hydrogen-bond donors (Lipinski definition) is 2. The molecule has 0 atom stereocenters. The van der Waals surface area contributed by atoms with Crippen molar-refractivity contribution in [3.05, 3.63) is 59.9 Å². The lowest BCUT2D eigenvalue weighted by Crippen LogP contribution is -2.15. The third-order valence-electron chi connectivity index (χ3n) is 3.46. The fourth-order valence-electron chi connectivity index (χ4n) is 2.09. The second-order valence-electron chi connectivity index (χ2n) is 5.66. The van der Waals surface area contributed by atoms with E-state index in [1.54, 1.807) is 12.1 Å². The summed E-state index contributed by atoms with van der Waals surface area (Å²) in [5, 5.41) is 15.8. The molecule has 7 nitrogen and oxygen atoms in total.